The minimum atomic E-state index is -1.23. The molecular weight excluding hydrogens is 260 g/mol. The summed E-state index contributed by atoms with van der Waals surface area (Å²) in [5, 5.41) is 38.1. The molecule has 112 valence electrons. The van der Waals surface area contributed by atoms with Gasteiger partial charge in [-0.3, -0.25) is 0 Å². The van der Waals surface area contributed by atoms with Gasteiger partial charge in [0.2, 0.25) is 0 Å². The van der Waals surface area contributed by atoms with Gasteiger partial charge in [0.05, 0.1) is 11.2 Å². The molecule has 5 heteroatoms. The molecule has 0 saturated heterocycles. The van der Waals surface area contributed by atoms with E-state index in [1.54, 1.807) is 6.92 Å². The zero-order valence-corrected chi connectivity index (χ0v) is 11.8. The van der Waals surface area contributed by atoms with Gasteiger partial charge in [-0.15, -0.1) is 0 Å². The van der Waals surface area contributed by atoms with Gasteiger partial charge in [0.25, 0.3) is 0 Å². The molecule has 2 atom stereocenters. The Kier molecular flexibility index (Phi) is 5.53. The lowest BCUT2D eigenvalue weighted by Crippen LogP contribution is -2.22. The molecule has 0 unspecified atom stereocenters. The Morgan fingerprint density at radius 3 is 2.55 bits per heavy atom. The van der Waals surface area contributed by atoms with E-state index in [0.29, 0.717) is 18.4 Å². The number of aliphatic hydroxyl groups is 2. The number of carbonyl (C=O) groups is 1. The smallest absolute Gasteiger partial charge is 0.335 e. The predicted octanol–water partition coefficient (Wildman–Crippen LogP) is 2.10. The highest BCUT2D eigenvalue weighted by Gasteiger charge is 2.26. The number of phenols is 1. The molecule has 1 aromatic carbocycles. The van der Waals surface area contributed by atoms with Gasteiger partial charge in [0.15, 0.2) is 0 Å². The summed E-state index contributed by atoms with van der Waals surface area (Å²) in [5.41, 5.74) is -0.925. The number of hydrogen-bond donors (Lipinski definition) is 4. The maximum atomic E-state index is 10.8. The summed E-state index contributed by atoms with van der Waals surface area (Å²) in [5.74, 6) is -1.16. The van der Waals surface area contributed by atoms with Crippen molar-refractivity contribution < 1.29 is 25.2 Å². The molecule has 20 heavy (non-hydrogen) atoms. The van der Waals surface area contributed by atoms with E-state index in [9.17, 15) is 15.0 Å². The molecule has 5 nitrogen and oxygen atoms in total. The Bertz CT molecular complexity index is 467. The van der Waals surface area contributed by atoms with Crippen molar-refractivity contribution in [2.75, 3.05) is 6.61 Å². The SMILES string of the molecule is C[C@@H](CO)CCC[C@@](C)(O)c1ccc(C(=O)O)cc1O. The molecule has 0 saturated carbocycles. The highest BCUT2D eigenvalue weighted by molar-refractivity contribution is 5.88. The van der Waals surface area contributed by atoms with E-state index < -0.39 is 11.6 Å². The Hall–Kier alpha value is -1.59. The first kappa shape index (κ1) is 16.5. The third-order valence-corrected chi connectivity index (χ3v) is 3.50. The highest BCUT2D eigenvalue weighted by Crippen LogP contribution is 2.34. The molecule has 1 aromatic rings. The molecule has 4 N–H and O–H groups in total. The number of aromatic hydroxyl groups is 1. The van der Waals surface area contributed by atoms with Crippen LogP contribution in [0.4, 0.5) is 0 Å². The van der Waals surface area contributed by atoms with Crippen molar-refractivity contribution in [3.63, 3.8) is 0 Å². The van der Waals surface area contributed by atoms with Gasteiger partial charge >= 0.3 is 5.97 Å². The second-order valence-corrected chi connectivity index (χ2v) is 5.49. The van der Waals surface area contributed by atoms with Crippen molar-refractivity contribution >= 4 is 5.97 Å². The number of aromatic carboxylic acids is 1. The molecule has 0 aromatic heterocycles. The zero-order valence-electron chi connectivity index (χ0n) is 11.8. The van der Waals surface area contributed by atoms with Crippen LogP contribution in [0.5, 0.6) is 5.75 Å². The maximum absolute atomic E-state index is 10.8. The Labute approximate surface area is 118 Å². The lowest BCUT2D eigenvalue weighted by atomic mass is 9.88. The number of phenolic OH excluding ortho intramolecular Hbond substituents is 1. The topological polar surface area (TPSA) is 98.0 Å². The van der Waals surface area contributed by atoms with Gasteiger partial charge in [-0.1, -0.05) is 13.0 Å². The Morgan fingerprint density at radius 2 is 2.05 bits per heavy atom. The third kappa shape index (κ3) is 4.21. The van der Waals surface area contributed by atoms with Crippen LogP contribution in [0.1, 0.15) is 49.0 Å². The summed E-state index contributed by atoms with van der Waals surface area (Å²) in [6.07, 6.45) is 1.91. The standard InChI is InChI=1S/C15H22O5/c1-10(9-16)4-3-7-15(2,20)12-6-5-11(14(18)19)8-13(12)17/h5-6,8,10,16-17,20H,3-4,7,9H2,1-2H3,(H,18,19)/t10-,15-/m1/s1. The van der Waals surface area contributed by atoms with Crippen molar-refractivity contribution in [3.05, 3.63) is 29.3 Å². The van der Waals surface area contributed by atoms with Gasteiger partial charge in [-0.25, -0.2) is 4.79 Å². The van der Waals surface area contributed by atoms with Crippen molar-refractivity contribution in [1.82, 2.24) is 0 Å². The molecule has 1 rings (SSSR count). The average molecular weight is 282 g/mol. The summed E-state index contributed by atoms with van der Waals surface area (Å²) >= 11 is 0. The molecule has 0 amide bonds. The van der Waals surface area contributed by atoms with Crippen LogP contribution in [0.25, 0.3) is 0 Å². The van der Waals surface area contributed by atoms with E-state index in [-0.39, 0.29) is 23.8 Å². The second kappa shape index (κ2) is 6.72. The molecular formula is C15H22O5. The number of rotatable bonds is 7. The fourth-order valence-electron chi connectivity index (χ4n) is 2.14. The minimum Gasteiger partial charge on any atom is -0.508 e. The average Bonchev–Trinajstić information content (AvgIpc) is 2.37. The van der Waals surface area contributed by atoms with Crippen LogP contribution >= 0.6 is 0 Å². The van der Waals surface area contributed by atoms with Crippen LogP contribution in [-0.4, -0.2) is 33.0 Å². The van der Waals surface area contributed by atoms with Crippen LogP contribution in [0.2, 0.25) is 0 Å². The zero-order chi connectivity index (χ0) is 15.3. The molecule has 0 aliphatic heterocycles. The highest BCUT2D eigenvalue weighted by atomic mass is 16.4. The lowest BCUT2D eigenvalue weighted by Gasteiger charge is -2.25. The summed E-state index contributed by atoms with van der Waals surface area (Å²) in [6.45, 7) is 3.63. The quantitative estimate of drug-likeness (QED) is 0.614. The van der Waals surface area contributed by atoms with Crippen LogP contribution in [-0.2, 0) is 5.60 Å². The summed E-state index contributed by atoms with van der Waals surface area (Å²) in [6, 6.07) is 3.94. The molecule has 0 aliphatic rings. The summed E-state index contributed by atoms with van der Waals surface area (Å²) < 4.78 is 0. The first-order chi connectivity index (χ1) is 9.27. The first-order valence-electron chi connectivity index (χ1n) is 6.68. The van der Waals surface area contributed by atoms with E-state index in [2.05, 4.69) is 0 Å². The number of aliphatic hydroxyl groups excluding tert-OH is 1. The van der Waals surface area contributed by atoms with Crippen molar-refractivity contribution in [1.29, 1.82) is 0 Å². The van der Waals surface area contributed by atoms with Gasteiger partial charge in [0.1, 0.15) is 5.75 Å². The fraction of sp³-hybridized carbons (Fsp3) is 0.533. The van der Waals surface area contributed by atoms with E-state index in [1.165, 1.54) is 12.1 Å². The number of carboxylic acids is 1. The number of hydrogen-bond acceptors (Lipinski definition) is 4. The third-order valence-electron chi connectivity index (χ3n) is 3.50. The summed E-state index contributed by atoms with van der Waals surface area (Å²) in [7, 11) is 0. The van der Waals surface area contributed by atoms with Crippen molar-refractivity contribution in [3.8, 4) is 5.75 Å². The maximum Gasteiger partial charge on any atom is 0.335 e. The van der Waals surface area contributed by atoms with Crippen LogP contribution in [0.15, 0.2) is 18.2 Å². The fourth-order valence-corrected chi connectivity index (χ4v) is 2.14. The van der Waals surface area contributed by atoms with E-state index in [0.717, 1.165) is 12.5 Å². The molecule has 0 spiro atoms. The molecule has 0 bridgehead atoms. The molecule has 0 fully saturated rings. The van der Waals surface area contributed by atoms with Gasteiger partial charge in [-0.2, -0.15) is 0 Å². The van der Waals surface area contributed by atoms with Crippen molar-refractivity contribution in [2.45, 2.75) is 38.7 Å². The van der Waals surface area contributed by atoms with Crippen LogP contribution in [0, 0.1) is 5.92 Å². The lowest BCUT2D eigenvalue weighted by molar-refractivity contribution is 0.0405. The van der Waals surface area contributed by atoms with Gasteiger partial charge < -0.3 is 20.4 Å². The van der Waals surface area contributed by atoms with Gasteiger partial charge in [0, 0.05) is 12.2 Å². The van der Waals surface area contributed by atoms with Crippen molar-refractivity contribution in [2.24, 2.45) is 5.92 Å². The van der Waals surface area contributed by atoms with E-state index >= 15 is 0 Å². The normalized spacial score (nSPS) is 15.6. The Morgan fingerprint density at radius 1 is 1.40 bits per heavy atom. The monoisotopic (exact) mass is 282 g/mol. The van der Waals surface area contributed by atoms with Gasteiger partial charge in [-0.05, 0) is 44.2 Å². The van der Waals surface area contributed by atoms with Crippen LogP contribution < -0.4 is 0 Å². The molecule has 0 radical (unpaired) electrons. The van der Waals surface area contributed by atoms with E-state index in [1.807, 2.05) is 6.92 Å². The Balaban J connectivity index is 2.79. The second-order valence-electron chi connectivity index (χ2n) is 5.49. The predicted molar refractivity (Wildman–Crippen MR) is 74.7 cm³/mol. The van der Waals surface area contributed by atoms with Crippen LogP contribution in [0.3, 0.4) is 0 Å². The largest absolute Gasteiger partial charge is 0.508 e. The number of benzene rings is 1. The van der Waals surface area contributed by atoms with E-state index in [4.69, 9.17) is 10.2 Å². The molecule has 0 heterocycles. The first-order valence-corrected chi connectivity index (χ1v) is 6.68. The minimum absolute atomic E-state index is 0.0176. The summed E-state index contributed by atoms with van der Waals surface area (Å²) in [4.78, 5) is 10.8. The number of carboxylic acid groups (broad SMARTS) is 1. The molecule has 0 aliphatic carbocycles.